The second-order valence-corrected chi connectivity index (χ2v) is 7.27. The van der Waals surface area contributed by atoms with Gasteiger partial charge in [0.25, 0.3) is 0 Å². The molecular formula is C19H29FIN3O2S. The number of aliphatic imine (C=N–C) groups is 1. The number of nitrogens with zero attached hydrogens (tertiary/aromatic N) is 2. The van der Waals surface area contributed by atoms with Gasteiger partial charge in [-0.15, -0.1) is 24.0 Å². The molecule has 0 atom stereocenters. The average molecular weight is 509 g/mol. The van der Waals surface area contributed by atoms with E-state index in [0.717, 1.165) is 49.8 Å². The lowest BCUT2D eigenvalue weighted by Gasteiger charge is -2.33. The molecule has 152 valence electrons. The molecule has 0 bridgehead atoms. The number of carbonyl (C=O) groups is 1. The summed E-state index contributed by atoms with van der Waals surface area (Å²) < 4.78 is 18.4. The van der Waals surface area contributed by atoms with Crippen molar-refractivity contribution in [3.63, 3.8) is 0 Å². The maximum absolute atomic E-state index is 13.6. The lowest BCUT2D eigenvalue weighted by atomic mass is 9.97. The molecule has 0 aromatic heterocycles. The van der Waals surface area contributed by atoms with E-state index < -0.39 is 0 Å². The number of ether oxygens (including phenoxy) is 1. The van der Waals surface area contributed by atoms with Gasteiger partial charge in [0.15, 0.2) is 5.96 Å². The molecular weight excluding hydrogens is 480 g/mol. The second kappa shape index (κ2) is 13.2. The summed E-state index contributed by atoms with van der Waals surface area (Å²) in [4.78, 5) is 18.5. The number of hydrogen-bond donors (Lipinski definition) is 1. The first-order valence-corrected chi connectivity index (χ1v) is 10.2. The van der Waals surface area contributed by atoms with Gasteiger partial charge >= 0.3 is 5.97 Å². The quantitative estimate of drug-likeness (QED) is 0.201. The number of rotatable bonds is 7. The number of likely N-dealkylation sites (tertiary alicyclic amines) is 1. The molecule has 8 heteroatoms. The lowest BCUT2D eigenvalue weighted by Crippen LogP contribution is -2.46. The van der Waals surface area contributed by atoms with Gasteiger partial charge in [-0.3, -0.25) is 9.79 Å². The van der Waals surface area contributed by atoms with Gasteiger partial charge in [-0.05, 0) is 31.4 Å². The summed E-state index contributed by atoms with van der Waals surface area (Å²) in [6, 6.07) is 6.88. The standard InChI is InChI=1S/C19H28FN3O2S.HI/c1-3-21-19(23-11-8-15(9-12-23)18(24)25-2)22-10-13-26-14-16-6-4-5-7-17(16)20;/h4-7,15H,3,8-14H2,1-2H3,(H,21,22);1H. The van der Waals surface area contributed by atoms with Crippen LogP contribution in [0, 0.1) is 11.7 Å². The maximum atomic E-state index is 13.6. The molecule has 0 aliphatic carbocycles. The summed E-state index contributed by atoms with van der Waals surface area (Å²) in [5, 5.41) is 3.32. The summed E-state index contributed by atoms with van der Waals surface area (Å²) in [7, 11) is 1.44. The Bertz CT molecular complexity index is 610. The molecule has 1 fully saturated rings. The van der Waals surface area contributed by atoms with Crippen LogP contribution in [0.15, 0.2) is 29.3 Å². The van der Waals surface area contributed by atoms with Gasteiger partial charge in [0.05, 0.1) is 19.6 Å². The number of benzene rings is 1. The zero-order valence-electron chi connectivity index (χ0n) is 15.9. The van der Waals surface area contributed by atoms with E-state index in [1.165, 1.54) is 13.2 Å². The molecule has 1 saturated heterocycles. The van der Waals surface area contributed by atoms with Crippen LogP contribution in [-0.2, 0) is 15.3 Å². The Morgan fingerprint density at radius 3 is 2.70 bits per heavy atom. The molecule has 5 nitrogen and oxygen atoms in total. The Morgan fingerprint density at radius 1 is 1.37 bits per heavy atom. The van der Waals surface area contributed by atoms with Crippen molar-refractivity contribution >= 4 is 47.7 Å². The number of halogens is 2. The minimum Gasteiger partial charge on any atom is -0.469 e. The van der Waals surface area contributed by atoms with Crippen molar-refractivity contribution in [2.24, 2.45) is 10.9 Å². The topological polar surface area (TPSA) is 53.9 Å². The zero-order chi connectivity index (χ0) is 18.8. The molecule has 1 aromatic carbocycles. The van der Waals surface area contributed by atoms with E-state index in [9.17, 15) is 9.18 Å². The Kier molecular flexibility index (Phi) is 11.7. The van der Waals surface area contributed by atoms with E-state index in [-0.39, 0.29) is 41.7 Å². The van der Waals surface area contributed by atoms with Crippen LogP contribution in [-0.4, -0.2) is 55.9 Å². The summed E-state index contributed by atoms with van der Waals surface area (Å²) in [6.07, 6.45) is 1.58. The molecule has 0 amide bonds. The zero-order valence-corrected chi connectivity index (χ0v) is 19.1. The highest BCUT2D eigenvalue weighted by Crippen LogP contribution is 2.19. The van der Waals surface area contributed by atoms with Gasteiger partial charge in [-0.2, -0.15) is 11.8 Å². The smallest absolute Gasteiger partial charge is 0.308 e. The van der Waals surface area contributed by atoms with E-state index in [2.05, 4.69) is 15.2 Å². The largest absolute Gasteiger partial charge is 0.469 e. The molecule has 0 saturated carbocycles. The third kappa shape index (κ3) is 7.85. The fourth-order valence-corrected chi connectivity index (χ4v) is 3.75. The fourth-order valence-electron chi connectivity index (χ4n) is 2.93. The Balaban J connectivity index is 0.00000364. The Morgan fingerprint density at radius 2 is 2.07 bits per heavy atom. The van der Waals surface area contributed by atoms with Crippen LogP contribution < -0.4 is 5.32 Å². The predicted molar refractivity (Wildman–Crippen MR) is 120 cm³/mol. The number of guanidine groups is 1. The van der Waals surface area contributed by atoms with Gasteiger partial charge in [0.1, 0.15) is 5.82 Å². The first-order chi connectivity index (χ1) is 12.7. The predicted octanol–water partition coefficient (Wildman–Crippen LogP) is 3.53. The number of nitrogens with one attached hydrogen (secondary N) is 1. The lowest BCUT2D eigenvalue weighted by molar-refractivity contribution is -0.146. The van der Waals surface area contributed by atoms with Crippen LogP contribution in [0.3, 0.4) is 0 Å². The Hall–Kier alpha value is -1.03. The Labute approximate surface area is 182 Å². The van der Waals surface area contributed by atoms with Crippen LogP contribution in [0.5, 0.6) is 0 Å². The molecule has 1 N–H and O–H groups in total. The van der Waals surface area contributed by atoms with Crippen LogP contribution in [0.2, 0.25) is 0 Å². The molecule has 1 aliphatic heterocycles. The SMILES string of the molecule is CCNC(=NCCSCc1ccccc1F)N1CCC(C(=O)OC)CC1.I. The van der Waals surface area contributed by atoms with Crippen LogP contribution in [0.25, 0.3) is 0 Å². The van der Waals surface area contributed by atoms with Crippen LogP contribution >= 0.6 is 35.7 Å². The van der Waals surface area contributed by atoms with Crippen LogP contribution in [0.1, 0.15) is 25.3 Å². The first kappa shape index (κ1) is 24.0. The monoisotopic (exact) mass is 509 g/mol. The molecule has 27 heavy (non-hydrogen) atoms. The summed E-state index contributed by atoms with van der Waals surface area (Å²) in [6.45, 7) is 5.13. The molecule has 2 rings (SSSR count). The first-order valence-electron chi connectivity index (χ1n) is 9.08. The molecule has 1 heterocycles. The molecule has 0 radical (unpaired) electrons. The van der Waals surface area contributed by atoms with Crippen molar-refractivity contribution in [2.75, 3.05) is 39.0 Å². The van der Waals surface area contributed by atoms with E-state index in [0.29, 0.717) is 12.3 Å². The minimum absolute atomic E-state index is 0. The number of methoxy groups -OCH3 is 1. The number of thioether (sulfide) groups is 1. The van der Waals surface area contributed by atoms with E-state index in [1.807, 2.05) is 19.1 Å². The maximum Gasteiger partial charge on any atom is 0.308 e. The third-order valence-corrected chi connectivity index (χ3v) is 5.36. The number of hydrogen-bond acceptors (Lipinski definition) is 4. The third-order valence-electron chi connectivity index (χ3n) is 4.38. The van der Waals surface area contributed by atoms with Crippen molar-refractivity contribution in [2.45, 2.75) is 25.5 Å². The van der Waals surface area contributed by atoms with Crippen molar-refractivity contribution in [1.29, 1.82) is 0 Å². The van der Waals surface area contributed by atoms with Crippen molar-refractivity contribution in [3.8, 4) is 0 Å². The summed E-state index contributed by atoms with van der Waals surface area (Å²) in [5.41, 5.74) is 0.735. The highest BCUT2D eigenvalue weighted by molar-refractivity contribution is 14.0. The van der Waals surface area contributed by atoms with E-state index >= 15 is 0 Å². The van der Waals surface area contributed by atoms with Crippen LogP contribution in [0.4, 0.5) is 4.39 Å². The summed E-state index contributed by atoms with van der Waals surface area (Å²) in [5.74, 6) is 2.12. The van der Waals surface area contributed by atoms with Gasteiger partial charge in [0.2, 0.25) is 0 Å². The molecule has 1 aliphatic rings. The van der Waals surface area contributed by atoms with E-state index in [4.69, 9.17) is 4.74 Å². The molecule has 0 unspecified atom stereocenters. The van der Waals surface area contributed by atoms with Gasteiger partial charge < -0.3 is 15.0 Å². The number of esters is 1. The normalized spacial score (nSPS) is 15.2. The number of piperidine rings is 1. The van der Waals surface area contributed by atoms with E-state index in [1.54, 1.807) is 17.8 Å². The molecule has 1 aromatic rings. The van der Waals surface area contributed by atoms with Gasteiger partial charge in [0, 0.05) is 31.1 Å². The molecule has 0 spiro atoms. The highest BCUT2D eigenvalue weighted by Gasteiger charge is 2.26. The fraction of sp³-hybridized carbons (Fsp3) is 0.579. The van der Waals surface area contributed by atoms with Crippen molar-refractivity contribution < 1.29 is 13.9 Å². The minimum atomic E-state index is -0.148. The summed E-state index contributed by atoms with van der Waals surface area (Å²) >= 11 is 1.68. The van der Waals surface area contributed by atoms with Gasteiger partial charge in [-0.1, -0.05) is 18.2 Å². The highest BCUT2D eigenvalue weighted by atomic mass is 127. The van der Waals surface area contributed by atoms with Crippen molar-refractivity contribution in [1.82, 2.24) is 10.2 Å². The second-order valence-electron chi connectivity index (χ2n) is 6.16. The van der Waals surface area contributed by atoms with Gasteiger partial charge in [-0.25, -0.2) is 4.39 Å². The number of carbonyl (C=O) groups excluding carboxylic acids is 1. The van der Waals surface area contributed by atoms with Crippen molar-refractivity contribution in [3.05, 3.63) is 35.6 Å². The average Bonchev–Trinajstić information content (AvgIpc) is 2.67.